The molecule has 1 fully saturated rings. The topological polar surface area (TPSA) is 50.8 Å². The number of hydrogen-bond donors (Lipinski definition) is 1. The maximum Gasteiger partial charge on any atom is 0.223 e. The Morgan fingerprint density at radius 3 is 2.46 bits per heavy atom. The van der Waals surface area contributed by atoms with E-state index in [4.69, 9.17) is 9.47 Å². The lowest BCUT2D eigenvalue weighted by molar-refractivity contribution is -0.127. The third kappa shape index (κ3) is 4.87. The Morgan fingerprint density at radius 2 is 1.83 bits per heavy atom. The van der Waals surface area contributed by atoms with Crippen molar-refractivity contribution in [1.82, 2.24) is 10.2 Å². The molecule has 5 nitrogen and oxygen atoms in total. The number of ether oxygens (including phenoxy) is 2. The maximum atomic E-state index is 12.5. The van der Waals surface area contributed by atoms with Gasteiger partial charge in [-0.2, -0.15) is 0 Å². The van der Waals surface area contributed by atoms with Gasteiger partial charge in [-0.3, -0.25) is 4.79 Å². The van der Waals surface area contributed by atoms with E-state index in [0.29, 0.717) is 13.2 Å². The monoisotopic (exact) mass is 334 g/mol. The third-order valence-corrected chi connectivity index (χ3v) is 4.52. The highest BCUT2D eigenvalue weighted by Crippen LogP contribution is 2.31. The van der Waals surface area contributed by atoms with E-state index < -0.39 is 0 Å². The van der Waals surface area contributed by atoms with Crippen LogP contribution in [0.3, 0.4) is 0 Å². The molecule has 0 aromatic heterocycles. The fourth-order valence-corrected chi connectivity index (χ4v) is 3.02. The van der Waals surface area contributed by atoms with Crippen LogP contribution in [0.15, 0.2) is 18.2 Å². The molecule has 0 radical (unpaired) electrons. The Bertz CT molecular complexity index is 539. The third-order valence-electron chi connectivity index (χ3n) is 4.52. The van der Waals surface area contributed by atoms with Crippen LogP contribution in [0.1, 0.15) is 45.2 Å². The summed E-state index contributed by atoms with van der Waals surface area (Å²) >= 11 is 0. The molecule has 1 saturated heterocycles. The summed E-state index contributed by atoms with van der Waals surface area (Å²) in [4.78, 5) is 14.8. The van der Waals surface area contributed by atoms with E-state index in [-0.39, 0.29) is 17.9 Å². The average molecular weight is 334 g/mol. The van der Waals surface area contributed by atoms with Gasteiger partial charge in [-0.15, -0.1) is 0 Å². The Labute approximate surface area is 145 Å². The van der Waals surface area contributed by atoms with Crippen molar-refractivity contribution >= 4 is 5.91 Å². The van der Waals surface area contributed by atoms with E-state index in [1.807, 2.05) is 39.0 Å². The molecule has 1 aromatic rings. The van der Waals surface area contributed by atoms with E-state index in [1.54, 1.807) is 0 Å². The molecule has 0 saturated carbocycles. The summed E-state index contributed by atoms with van der Waals surface area (Å²) in [5, 5.41) is 3.15. The fourth-order valence-electron chi connectivity index (χ4n) is 3.02. The lowest BCUT2D eigenvalue weighted by Crippen LogP contribution is -2.39. The summed E-state index contributed by atoms with van der Waals surface area (Å²) in [5.74, 6) is 1.76. The second-order valence-corrected chi connectivity index (χ2v) is 6.38. The van der Waals surface area contributed by atoms with Crippen molar-refractivity contribution in [2.45, 2.75) is 39.7 Å². The molecule has 0 aliphatic carbocycles. The van der Waals surface area contributed by atoms with E-state index in [0.717, 1.165) is 43.0 Å². The highest BCUT2D eigenvalue weighted by molar-refractivity contribution is 5.79. The standard InChI is InChI=1S/C19H30N2O3/c1-5-23-17-8-7-16(13-18(17)24-6-2)14(3)20-19(22)15-9-11-21(4)12-10-15/h7-8,13-15H,5-6,9-12H2,1-4H3,(H,20,22). The minimum absolute atomic E-state index is 0.0490. The zero-order valence-corrected chi connectivity index (χ0v) is 15.3. The van der Waals surface area contributed by atoms with Crippen LogP contribution < -0.4 is 14.8 Å². The van der Waals surface area contributed by atoms with Crippen molar-refractivity contribution in [3.8, 4) is 11.5 Å². The van der Waals surface area contributed by atoms with Crippen molar-refractivity contribution in [1.29, 1.82) is 0 Å². The van der Waals surface area contributed by atoms with Crippen LogP contribution in [-0.2, 0) is 4.79 Å². The van der Waals surface area contributed by atoms with Gasteiger partial charge in [0, 0.05) is 5.92 Å². The first-order valence-corrected chi connectivity index (χ1v) is 8.93. The van der Waals surface area contributed by atoms with Crippen LogP contribution >= 0.6 is 0 Å². The zero-order chi connectivity index (χ0) is 17.5. The molecule has 1 aliphatic heterocycles. The Kier molecular flexibility index (Phi) is 6.91. The predicted molar refractivity (Wildman–Crippen MR) is 95.6 cm³/mol. The average Bonchev–Trinajstić information content (AvgIpc) is 2.57. The molecule has 1 aliphatic rings. The zero-order valence-electron chi connectivity index (χ0n) is 15.3. The van der Waals surface area contributed by atoms with Gasteiger partial charge in [-0.05, 0) is 71.4 Å². The summed E-state index contributed by atoms with van der Waals surface area (Å²) in [7, 11) is 2.10. The van der Waals surface area contributed by atoms with Gasteiger partial charge in [0.15, 0.2) is 11.5 Å². The summed E-state index contributed by atoms with van der Waals surface area (Å²) in [6.07, 6.45) is 1.87. The van der Waals surface area contributed by atoms with Gasteiger partial charge in [0.1, 0.15) is 0 Å². The van der Waals surface area contributed by atoms with Gasteiger partial charge in [0.25, 0.3) is 0 Å². The molecule has 1 aromatic carbocycles. The van der Waals surface area contributed by atoms with Crippen molar-refractivity contribution in [2.75, 3.05) is 33.4 Å². The predicted octanol–water partition coefficient (Wildman–Crippen LogP) is 3.00. The van der Waals surface area contributed by atoms with Crippen LogP contribution in [0.2, 0.25) is 0 Å². The smallest absolute Gasteiger partial charge is 0.223 e. The number of carbonyl (C=O) groups excluding carboxylic acids is 1. The lowest BCUT2D eigenvalue weighted by Gasteiger charge is -2.29. The number of hydrogen-bond acceptors (Lipinski definition) is 4. The fraction of sp³-hybridized carbons (Fsp3) is 0.632. The van der Waals surface area contributed by atoms with Crippen LogP contribution in [0, 0.1) is 5.92 Å². The van der Waals surface area contributed by atoms with Gasteiger partial charge in [0.05, 0.1) is 19.3 Å². The number of likely N-dealkylation sites (tertiary alicyclic amines) is 1. The quantitative estimate of drug-likeness (QED) is 0.833. The van der Waals surface area contributed by atoms with Gasteiger partial charge >= 0.3 is 0 Å². The van der Waals surface area contributed by atoms with Gasteiger partial charge < -0.3 is 19.7 Å². The van der Waals surface area contributed by atoms with Crippen molar-refractivity contribution in [3.63, 3.8) is 0 Å². The molecule has 0 spiro atoms. The van der Waals surface area contributed by atoms with Crippen molar-refractivity contribution < 1.29 is 14.3 Å². The van der Waals surface area contributed by atoms with Crippen LogP contribution in [0.5, 0.6) is 11.5 Å². The van der Waals surface area contributed by atoms with Gasteiger partial charge in [-0.25, -0.2) is 0 Å². The molecule has 24 heavy (non-hydrogen) atoms. The Morgan fingerprint density at radius 1 is 1.21 bits per heavy atom. The second-order valence-electron chi connectivity index (χ2n) is 6.38. The normalized spacial score (nSPS) is 17.3. The van der Waals surface area contributed by atoms with E-state index in [1.165, 1.54) is 0 Å². The highest BCUT2D eigenvalue weighted by atomic mass is 16.5. The SMILES string of the molecule is CCOc1ccc(C(C)NC(=O)C2CCN(C)CC2)cc1OCC. The van der Waals surface area contributed by atoms with Crippen LogP contribution in [-0.4, -0.2) is 44.2 Å². The van der Waals surface area contributed by atoms with Gasteiger partial charge in [0.2, 0.25) is 5.91 Å². The summed E-state index contributed by atoms with van der Waals surface area (Å²) in [5.41, 5.74) is 1.03. The second kappa shape index (κ2) is 8.92. The van der Waals surface area contributed by atoms with E-state index >= 15 is 0 Å². The molecule has 1 heterocycles. The lowest BCUT2D eigenvalue weighted by atomic mass is 9.95. The molecule has 2 rings (SSSR count). The molecule has 1 amide bonds. The van der Waals surface area contributed by atoms with Gasteiger partial charge in [-0.1, -0.05) is 6.07 Å². The van der Waals surface area contributed by atoms with Crippen LogP contribution in [0.4, 0.5) is 0 Å². The first-order chi connectivity index (χ1) is 11.5. The summed E-state index contributed by atoms with van der Waals surface area (Å²) < 4.78 is 11.3. The number of benzene rings is 1. The Balaban J connectivity index is 2.01. The largest absolute Gasteiger partial charge is 0.490 e. The molecule has 5 heteroatoms. The molecular weight excluding hydrogens is 304 g/mol. The number of piperidine rings is 1. The minimum atomic E-state index is -0.0490. The number of nitrogens with one attached hydrogen (secondary N) is 1. The molecule has 134 valence electrons. The van der Waals surface area contributed by atoms with Crippen molar-refractivity contribution in [3.05, 3.63) is 23.8 Å². The molecule has 1 N–H and O–H groups in total. The molecule has 1 unspecified atom stereocenters. The first kappa shape index (κ1) is 18.6. The summed E-state index contributed by atoms with van der Waals surface area (Å²) in [6, 6.07) is 5.83. The number of rotatable bonds is 7. The van der Waals surface area contributed by atoms with E-state index in [2.05, 4.69) is 17.3 Å². The minimum Gasteiger partial charge on any atom is -0.490 e. The number of amides is 1. The number of carbonyl (C=O) groups is 1. The number of nitrogens with zero attached hydrogens (tertiary/aromatic N) is 1. The van der Waals surface area contributed by atoms with E-state index in [9.17, 15) is 4.79 Å². The van der Waals surface area contributed by atoms with Crippen molar-refractivity contribution in [2.24, 2.45) is 5.92 Å². The molecule has 0 bridgehead atoms. The molecular formula is C19H30N2O3. The maximum absolute atomic E-state index is 12.5. The highest BCUT2D eigenvalue weighted by Gasteiger charge is 2.24. The molecule has 1 atom stereocenters. The first-order valence-electron chi connectivity index (χ1n) is 8.93. The summed E-state index contributed by atoms with van der Waals surface area (Å²) in [6.45, 7) is 9.08. The van der Waals surface area contributed by atoms with Crippen LogP contribution in [0.25, 0.3) is 0 Å². The Hall–Kier alpha value is -1.75.